The highest BCUT2D eigenvalue weighted by atomic mass is 127. The van der Waals surface area contributed by atoms with E-state index in [4.69, 9.17) is 9.41 Å². The van der Waals surface area contributed by atoms with Crippen molar-refractivity contribution in [2.45, 2.75) is 45.4 Å². The first-order valence-corrected chi connectivity index (χ1v) is 10.3. The summed E-state index contributed by atoms with van der Waals surface area (Å²) in [4.78, 5) is 7.22. The van der Waals surface area contributed by atoms with Gasteiger partial charge in [-0.3, -0.25) is 4.90 Å². The molecule has 0 radical (unpaired) electrons. The van der Waals surface area contributed by atoms with Crippen LogP contribution in [-0.2, 0) is 13.2 Å². The van der Waals surface area contributed by atoms with Crippen LogP contribution in [0.15, 0.2) is 52.1 Å². The first kappa shape index (κ1) is 23.7. The van der Waals surface area contributed by atoms with E-state index in [0.717, 1.165) is 49.0 Å². The molecule has 160 valence electrons. The fourth-order valence-electron chi connectivity index (χ4n) is 3.69. The molecular formula is C22H33IN4O2. The zero-order valence-electron chi connectivity index (χ0n) is 17.1. The largest absolute Gasteiger partial charge is 0.468 e. The molecule has 1 aliphatic rings. The van der Waals surface area contributed by atoms with Crippen molar-refractivity contribution < 1.29 is 9.52 Å². The summed E-state index contributed by atoms with van der Waals surface area (Å²) < 4.78 is 5.73. The Labute approximate surface area is 190 Å². The van der Waals surface area contributed by atoms with E-state index in [1.165, 1.54) is 19.3 Å². The average Bonchev–Trinajstić information content (AvgIpc) is 3.27. The van der Waals surface area contributed by atoms with E-state index in [1.807, 2.05) is 30.3 Å². The van der Waals surface area contributed by atoms with Gasteiger partial charge in [-0.05, 0) is 56.1 Å². The maximum Gasteiger partial charge on any atom is 0.191 e. The van der Waals surface area contributed by atoms with Crippen molar-refractivity contribution in [1.82, 2.24) is 15.5 Å². The minimum atomic E-state index is 0. The number of rotatable bonds is 8. The molecule has 0 aliphatic carbocycles. The maximum atomic E-state index is 9.52. The highest BCUT2D eigenvalue weighted by Crippen LogP contribution is 2.24. The normalized spacial score (nSPS) is 16.1. The summed E-state index contributed by atoms with van der Waals surface area (Å²) in [6.45, 7) is 6.36. The number of guanidine groups is 1. The van der Waals surface area contributed by atoms with Gasteiger partial charge in [-0.15, -0.1) is 24.0 Å². The van der Waals surface area contributed by atoms with Crippen LogP contribution in [0, 0.1) is 0 Å². The van der Waals surface area contributed by atoms with Gasteiger partial charge in [0.15, 0.2) is 5.96 Å². The highest BCUT2D eigenvalue weighted by molar-refractivity contribution is 14.0. The van der Waals surface area contributed by atoms with E-state index in [-0.39, 0.29) is 36.6 Å². The molecule has 6 nitrogen and oxygen atoms in total. The molecule has 1 aromatic heterocycles. The van der Waals surface area contributed by atoms with E-state index >= 15 is 0 Å². The molecule has 0 amide bonds. The molecule has 3 rings (SSSR count). The van der Waals surface area contributed by atoms with Crippen molar-refractivity contribution in [1.29, 1.82) is 0 Å². The van der Waals surface area contributed by atoms with Gasteiger partial charge in [0.05, 0.1) is 25.5 Å². The van der Waals surface area contributed by atoms with Crippen molar-refractivity contribution >= 4 is 29.9 Å². The lowest BCUT2D eigenvalue weighted by atomic mass is 10.1. The number of piperidine rings is 1. The van der Waals surface area contributed by atoms with Crippen molar-refractivity contribution in [3.63, 3.8) is 0 Å². The number of likely N-dealkylation sites (tertiary alicyclic amines) is 1. The number of nitrogens with zero attached hydrogens (tertiary/aromatic N) is 2. The van der Waals surface area contributed by atoms with Crippen LogP contribution >= 0.6 is 24.0 Å². The van der Waals surface area contributed by atoms with Crippen LogP contribution in [0.1, 0.15) is 49.1 Å². The number of aliphatic hydroxyl groups excluding tert-OH is 1. The number of hydrogen-bond donors (Lipinski definition) is 3. The van der Waals surface area contributed by atoms with Crippen LogP contribution < -0.4 is 10.6 Å². The fraction of sp³-hybridized carbons (Fsp3) is 0.500. The molecule has 1 atom stereocenters. The molecule has 3 N–H and O–H groups in total. The number of benzene rings is 1. The van der Waals surface area contributed by atoms with Crippen LogP contribution in [0.5, 0.6) is 0 Å². The van der Waals surface area contributed by atoms with Gasteiger partial charge in [0.2, 0.25) is 0 Å². The standard InChI is InChI=1S/C22H32N4O2.HI/c1-2-23-22(24-15-18-9-4-5-10-19(18)17-27)25-16-20(21-11-8-14-28-21)26-12-6-3-7-13-26;/h4-5,8-11,14,20,27H,2-3,6-7,12-13,15-17H2,1H3,(H2,23,24,25);1H. The van der Waals surface area contributed by atoms with Gasteiger partial charge in [-0.2, -0.15) is 0 Å². The predicted molar refractivity (Wildman–Crippen MR) is 127 cm³/mol. The number of aliphatic imine (C=N–C) groups is 1. The van der Waals surface area contributed by atoms with E-state index in [9.17, 15) is 5.11 Å². The molecule has 1 aromatic carbocycles. The molecule has 2 aromatic rings. The first-order chi connectivity index (χ1) is 13.8. The number of aliphatic hydroxyl groups is 1. The average molecular weight is 512 g/mol. The Hall–Kier alpha value is -1.58. The van der Waals surface area contributed by atoms with E-state index in [1.54, 1.807) is 6.26 Å². The summed E-state index contributed by atoms with van der Waals surface area (Å²) in [5, 5.41) is 16.3. The van der Waals surface area contributed by atoms with E-state index in [0.29, 0.717) is 6.54 Å². The van der Waals surface area contributed by atoms with Crippen LogP contribution in [0.4, 0.5) is 0 Å². The summed E-state index contributed by atoms with van der Waals surface area (Å²) in [6.07, 6.45) is 5.53. The van der Waals surface area contributed by atoms with E-state index < -0.39 is 0 Å². The van der Waals surface area contributed by atoms with Gasteiger partial charge >= 0.3 is 0 Å². The fourth-order valence-corrected chi connectivity index (χ4v) is 3.69. The van der Waals surface area contributed by atoms with Crippen molar-refractivity contribution in [3.05, 3.63) is 59.5 Å². The molecule has 0 spiro atoms. The highest BCUT2D eigenvalue weighted by Gasteiger charge is 2.24. The number of furan rings is 1. The summed E-state index contributed by atoms with van der Waals surface area (Å²) in [5.41, 5.74) is 1.96. The number of nitrogens with one attached hydrogen (secondary N) is 2. The second-order valence-corrected chi connectivity index (χ2v) is 7.13. The van der Waals surface area contributed by atoms with Crippen molar-refractivity contribution in [3.8, 4) is 0 Å². The minimum Gasteiger partial charge on any atom is -0.468 e. The second-order valence-electron chi connectivity index (χ2n) is 7.13. The lowest BCUT2D eigenvalue weighted by Gasteiger charge is -2.33. The summed E-state index contributed by atoms with van der Waals surface area (Å²) in [5.74, 6) is 1.78. The Balaban J connectivity index is 0.00000300. The van der Waals surface area contributed by atoms with Crippen LogP contribution in [-0.4, -0.2) is 42.1 Å². The summed E-state index contributed by atoms with van der Waals surface area (Å²) in [6, 6.07) is 12.1. The number of halogens is 1. The SMILES string of the molecule is CCNC(=NCc1ccccc1CO)NCC(c1ccco1)N1CCCCC1.I. The third kappa shape index (κ3) is 7.01. The van der Waals surface area contributed by atoms with E-state index in [2.05, 4.69) is 28.5 Å². The Morgan fingerprint density at radius 3 is 2.52 bits per heavy atom. The minimum absolute atomic E-state index is 0. The Morgan fingerprint density at radius 1 is 1.10 bits per heavy atom. The molecule has 1 fully saturated rings. The zero-order valence-corrected chi connectivity index (χ0v) is 19.5. The Kier molecular flexibility index (Phi) is 10.5. The Morgan fingerprint density at radius 2 is 1.86 bits per heavy atom. The third-order valence-corrected chi connectivity index (χ3v) is 5.21. The maximum absolute atomic E-state index is 9.52. The van der Waals surface area contributed by atoms with Crippen LogP contribution in [0.25, 0.3) is 0 Å². The Bertz CT molecular complexity index is 730. The summed E-state index contributed by atoms with van der Waals surface area (Å²) in [7, 11) is 0. The smallest absolute Gasteiger partial charge is 0.191 e. The first-order valence-electron chi connectivity index (χ1n) is 10.3. The van der Waals surface area contributed by atoms with Crippen molar-refractivity contribution in [2.75, 3.05) is 26.2 Å². The predicted octanol–water partition coefficient (Wildman–Crippen LogP) is 3.67. The number of hydrogen-bond acceptors (Lipinski definition) is 4. The van der Waals surface area contributed by atoms with Gasteiger partial charge in [0.1, 0.15) is 5.76 Å². The third-order valence-electron chi connectivity index (χ3n) is 5.21. The molecule has 1 saturated heterocycles. The van der Waals surface area contributed by atoms with Gasteiger partial charge in [0.25, 0.3) is 0 Å². The van der Waals surface area contributed by atoms with Gasteiger partial charge in [-0.25, -0.2) is 4.99 Å². The monoisotopic (exact) mass is 512 g/mol. The summed E-state index contributed by atoms with van der Waals surface area (Å²) >= 11 is 0. The molecule has 1 unspecified atom stereocenters. The molecular weight excluding hydrogens is 479 g/mol. The van der Waals surface area contributed by atoms with Crippen molar-refractivity contribution in [2.24, 2.45) is 4.99 Å². The lowest BCUT2D eigenvalue weighted by molar-refractivity contribution is 0.146. The van der Waals surface area contributed by atoms with Crippen LogP contribution in [0.3, 0.4) is 0 Å². The zero-order chi connectivity index (χ0) is 19.6. The topological polar surface area (TPSA) is 73.0 Å². The molecule has 0 bridgehead atoms. The van der Waals surface area contributed by atoms with Crippen LogP contribution in [0.2, 0.25) is 0 Å². The molecule has 1 aliphatic heterocycles. The van der Waals surface area contributed by atoms with Gasteiger partial charge in [-0.1, -0.05) is 30.7 Å². The van der Waals surface area contributed by atoms with Gasteiger partial charge in [0, 0.05) is 13.1 Å². The van der Waals surface area contributed by atoms with Gasteiger partial charge < -0.3 is 20.2 Å². The second kappa shape index (κ2) is 12.9. The quantitative estimate of drug-likeness (QED) is 0.286. The molecule has 2 heterocycles. The lowest BCUT2D eigenvalue weighted by Crippen LogP contribution is -2.44. The molecule has 7 heteroatoms. The molecule has 0 saturated carbocycles. The molecule has 29 heavy (non-hydrogen) atoms.